The van der Waals surface area contributed by atoms with E-state index in [9.17, 15) is 4.79 Å². The lowest BCUT2D eigenvalue weighted by Gasteiger charge is -2.35. The molecular formula is C18H23N5O2. The number of hydrogen-bond acceptors (Lipinski definition) is 6. The van der Waals surface area contributed by atoms with Gasteiger partial charge < -0.3 is 14.3 Å². The van der Waals surface area contributed by atoms with Crippen molar-refractivity contribution in [1.29, 1.82) is 0 Å². The van der Waals surface area contributed by atoms with Crippen molar-refractivity contribution in [2.24, 2.45) is 5.92 Å². The summed E-state index contributed by atoms with van der Waals surface area (Å²) >= 11 is 0. The van der Waals surface area contributed by atoms with Gasteiger partial charge >= 0.3 is 0 Å². The summed E-state index contributed by atoms with van der Waals surface area (Å²) in [7, 11) is 0. The van der Waals surface area contributed by atoms with Crippen molar-refractivity contribution >= 4 is 11.7 Å². The molecule has 0 spiro atoms. The first-order chi connectivity index (χ1) is 12.0. The molecule has 132 valence electrons. The maximum Gasteiger partial charge on any atom is 0.228 e. The zero-order valence-electron chi connectivity index (χ0n) is 14.9. The van der Waals surface area contributed by atoms with Crippen LogP contribution >= 0.6 is 0 Å². The van der Waals surface area contributed by atoms with E-state index in [1.165, 1.54) is 0 Å². The Morgan fingerprint density at radius 1 is 1.16 bits per heavy atom. The second-order valence-corrected chi connectivity index (χ2v) is 7.13. The largest absolute Gasteiger partial charge is 0.361 e. The molecule has 2 bridgehead atoms. The number of carbonyl (C=O) groups excluding carboxylic acids is 1. The van der Waals surface area contributed by atoms with E-state index in [0.29, 0.717) is 13.1 Å². The van der Waals surface area contributed by atoms with Gasteiger partial charge in [-0.05, 0) is 45.7 Å². The van der Waals surface area contributed by atoms with E-state index in [1.54, 1.807) is 0 Å². The van der Waals surface area contributed by atoms with Crippen LogP contribution in [0.3, 0.4) is 0 Å². The normalized spacial score (nSPS) is 23.2. The molecule has 3 saturated heterocycles. The number of fused-ring (bicyclic) bond motifs is 4. The lowest BCUT2D eigenvalue weighted by atomic mass is 9.93. The number of hydrogen-bond donors (Lipinski definition) is 0. The highest BCUT2D eigenvalue weighted by atomic mass is 16.5. The van der Waals surface area contributed by atoms with Crippen molar-refractivity contribution < 1.29 is 9.32 Å². The number of rotatable bonds is 3. The van der Waals surface area contributed by atoms with Crippen LogP contribution in [-0.2, 0) is 11.3 Å². The van der Waals surface area contributed by atoms with Crippen LogP contribution in [-0.4, -0.2) is 45.3 Å². The molecule has 3 aliphatic rings. The monoisotopic (exact) mass is 341 g/mol. The van der Waals surface area contributed by atoms with Crippen molar-refractivity contribution in [3.05, 3.63) is 34.8 Å². The van der Waals surface area contributed by atoms with Crippen molar-refractivity contribution in [2.75, 3.05) is 18.0 Å². The Kier molecular flexibility index (Phi) is 3.94. The lowest BCUT2D eigenvalue weighted by Crippen LogP contribution is -2.47. The molecule has 5 rings (SSSR count). The first-order valence-corrected chi connectivity index (χ1v) is 8.80. The van der Waals surface area contributed by atoms with Crippen LogP contribution in [0.4, 0.5) is 5.82 Å². The summed E-state index contributed by atoms with van der Waals surface area (Å²) in [6, 6.07) is 4.15. The van der Waals surface area contributed by atoms with Gasteiger partial charge in [0.15, 0.2) is 5.82 Å². The van der Waals surface area contributed by atoms with Gasteiger partial charge in [0.25, 0.3) is 0 Å². The minimum absolute atomic E-state index is 0.0160. The second-order valence-electron chi connectivity index (χ2n) is 7.13. The van der Waals surface area contributed by atoms with E-state index in [0.717, 1.165) is 47.9 Å². The molecular weight excluding hydrogens is 318 g/mol. The van der Waals surface area contributed by atoms with Crippen LogP contribution < -0.4 is 4.90 Å². The highest BCUT2D eigenvalue weighted by Gasteiger charge is 2.41. The van der Waals surface area contributed by atoms with Crippen LogP contribution in [0.25, 0.3) is 0 Å². The Balaban J connectivity index is 1.59. The second kappa shape index (κ2) is 6.13. The number of amides is 1. The number of nitrogens with zero attached hydrogens (tertiary/aromatic N) is 5. The molecule has 3 fully saturated rings. The molecule has 0 radical (unpaired) electrons. The van der Waals surface area contributed by atoms with E-state index in [2.05, 4.69) is 20.3 Å². The molecule has 2 aromatic heterocycles. The maximum absolute atomic E-state index is 13.0. The lowest BCUT2D eigenvalue weighted by molar-refractivity contribution is -0.140. The zero-order chi connectivity index (χ0) is 17.6. The number of aromatic nitrogens is 3. The molecule has 1 amide bonds. The van der Waals surface area contributed by atoms with Crippen LogP contribution in [0, 0.1) is 26.7 Å². The maximum atomic E-state index is 13.0. The Morgan fingerprint density at radius 2 is 2.00 bits per heavy atom. The van der Waals surface area contributed by atoms with Crippen molar-refractivity contribution in [3.63, 3.8) is 0 Å². The van der Waals surface area contributed by atoms with Gasteiger partial charge in [-0.15, -0.1) is 5.10 Å². The molecule has 0 aliphatic carbocycles. The van der Waals surface area contributed by atoms with Gasteiger partial charge in [-0.1, -0.05) is 5.16 Å². The summed E-state index contributed by atoms with van der Waals surface area (Å²) < 4.78 is 5.27. The molecule has 0 aromatic carbocycles. The van der Waals surface area contributed by atoms with E-state index in [4.69, 9.17) is 4.52 Å². The van der Waals surface area contributed by atoms with Crippen LogP contribution in [0.2, 0.25) is 0 Å². The standard InChI is InChI=1S/C18H23N5O2/c1-11-4-7-17(20-19-11)22-8-14-5-6-15(9-22)23(18(14)24)10-16-12(2)21-25-13(16)3/h4,7,14-15H,5-6,8-10H2,1-3H3/t14-,15+/m1/s1. The fraction of sp³-hybridized carbons (Fsp3) is 0.556. The number of aryl methyl sites for hydroxylation is 3. The third-order valence-electron chi connectivity index (χ3n) is 5.41. The van der Waals surface area contributed by atoms with Gasteiger partial charge in [0.1, 0.15) is 5.76 Å². The Labute approximate surface area is 147 Å². The molecule has 0 saturated carbocycles. The minimum Gasteiger partial charge on any atom is -0.361 e. The summed E-state index contributed by atoms with van der Waals surface area (Å²) in [4.78, 5) is 17.2. The molecule has 0 unspecified atom stereocenters. The highest BCUT2D eigenvalue weighted by Crippen LogP contribution is 2.32. The predicted molar refractivity (Wildman–Crippen MR) is 92.0 cm³/mol. The van der Waals surface area contributed by atoms with Gasteiger partial charge in [0.2, 0.25) is 5.91 Å². The van der Waals surface area contributed by atoms with Crippen LogP contribution in [0.1, 0.15) is 35.6 Å². The Hall–Kier alpha value is -2.44. The SMILES string of the molecule is Cc1ccc(N2C[C@H]3CC[C@@H](C2)N(Cc2c(C)noc2C)C3=O)nn1. The van der Waals surface area contributed by atoms with E-state index < -0.39 is 0 Å². The van der Waals surface area contributed by atoms with Crippen molar-refractivity contribution in [2.45, 2.75) is 46.2 Å². The fourth-order valence-corrected chi connectivity index (χ4v) is 3.89. The first kappa shape index (κ1) is 16.1. The molecule has 5 heterocycles. The van der Waals surface area contributed by atoms with Gasteiger partial charge in [-0.25, -0.2) is 0 Å². The zero-order valence-corrected chi connectivity index (χ0v) is 14.9. The summed E-state index contributed by atoms with van der Waals surface area (Å²) in [6.45, 7) is 7.85. The van der Waals surface area contributed by atoms with Crippen LogP contribution in [0.15, 0.2) is 16.7 Å². The number of anilines is 1. The first-order valence-electron chi connectivity index (χ1n) is 8.80. The molecule has 7 nitrogen and oxygen atoms in total. The quantitative estimate of drug-likeness (QED) is 0.850. The molecule has 2 aromatic rings. The van der Waals surface area contributed by atoms with E-state index in [1.807, 2.05) is 37.8 Å². The Morgan fingerprint density at radius 3 is 2.68 bits per heavy atom. The van der Waals surface area contributed by atoms with Gasteiger partial charge in [-0.2, -0.15) is 5.10 Å². The van der Waals surface area contributed by atoms with E-state index >= 15 is 0 Å². The average Bonchev–Trinajstić information content (AvgIpc) is 2.78. The fourth-order valence-electron chi connectivity index (χ4n) is 3.89. The van der Waals surface area contributed by atoms with Gasteiger partial charge in [-0.3, -0.25) is 4.79 Å². The van der Waals surface area contributed by atoms with Gasteiger partial charge in [0, 0.05) is 24.7 Å². The third-order valence-corrected chi connectivity index (χ3v) is 5.41. The number of carbonyl (C=O) groups is 1. The minimum atomic E-state index is 0.0160. The molecule has 7 heteroatoms. The predicted octanol–water partition coefficient (Wildman–Crippen LogP) is 2.02. The van der Waals surface area contributed by atoms with Gasteiger partial charge in [0.05, 0.1) is 23.9 Å². The highest BCUT2D eigenvalue weighted by molar-refractivity contribution is 5.81. The smallest absolute Gasteiger partial charge is 0.228 e. The van der Waals surface area contributed by atoms with Crippen LogP contribution in [0.5, 0.6) is 0 Å². The summed E-state index contributed by atoms with van der Waals surface area (Å²) in [5.41, 5.74) is 2.80. The molecule has 2 atom stereocenters. The van der Waals surface area contributed by atoms with Crippen molar-refractivity contribution in [3.8, 4) is 0 Å². The Bertz CT molecular complexity index is 766. The third kappa shape index (κ3) is 2.88. The number of piperidine rings is 1. The van der Waals surface area contributed by atoms with Crippen molar-refractivity contribution in [1.82, 2.24) is 20.3 Å². The molecule has 0 N–H and O–H groups in total. The molecule has 3 aliphatic heterocycles. The topological polar surface area (TPSA) is 75.4 Å². The molecule has 25 heavy (non-hydrogen) atoms. The summed E-state index contributed by atoms with van der Waals surface area (Å²) in [5, 5.41) is 12.5. The average molecular weight is 341 g/mol. The summed E-state index contributed by atoms with van der Waals surface area (Å²) in [6.07, 6.45) is 1.97. The van der Waals surface area contributed by atoms with E-state index in [-0.39, 0.29) is 17.9 Å². The summed E-state index contributed by atoms with van der Waals surface area (Å²) in [5.74, 6) is 1.90.